The Morgan fingerprint density at radius 3 is 2.59 bits per heavy atom. The number of anilines is 1. The Morgan fingerprint density at radius 2 is 1.78 bits per heavy atom. The smallest absolute Gasteiger partial charge is 0.251 e. The van der Waals surface area contributed by atoms with E-state index in [0.717, 1.165) is 6.42 Å². The summed E-state index contributed by atoms with van der Waals surface area (Å²) in [6, 6.07) is 11.7. The third kappa shape index (κ3) is 6.81. The van der Waals surface area contributed by atoms with Gasteiger partial charge < -0.3 is 24.8 Å². The van der Waals surface area contributed by atoms with E-state index in [-0.39, 0.29) is 30.4 Å². The molecule has 2 aromatic carbocycles. The number of Topliss-reactive ketones (excluding diaryl/α,β-unsaturated/α-hetero) is 1. The van der Waals surface area contributed by atoms with Crippen LogP contribution in [-0.4, -0.2) is 50.6 Å². The lowest BCUT2D eigenvalue weighted by Gasteiger charge is -2.18. The highest BCUT2D eigenvalue weighted by Crippen LogP contribution is 2.31. The van der Waals surface area contributed by atoms with Crippen LogP contribution in [0.25, 0.3) is 0 Å². The van der Waals surface area contributed by atoms with Gasteiger partial charge in [-0.3, -0.25) is 14.4 Å². The van der Waals surface area contributed by atoms with E-state index in [2.05, 4.69) is 10.6 Å². The van der Waals surface area contributed by atoms with E-state index >= 15 is 0 Å². The van der Waals surface area contributed by atoms with Crippen LogP contribution in [0.4, 0.5) is 5.69 Å². The number of hydrogen-bond donors (Lipinski definition) is 2. The first-order chi connectivity index (χ1) is 15.6. The number of ether oxygens (including phenoxy) is 3. The van der Waals surface area contributed by atoms with Gasteiger partial charge in [-0.15, -0.1) is 0 Å². The minimum Gasteiger partial charge on any atom is -0.486 e. The third-order valence-corrected chi connectivity index (χ3v) is 4.81. The van der Waals surface area contributed by atoms with Gasteiger partial charge in [0.05, 0.1) is 0 Å². The second kappa shape index (κ2) is 11.9. The van der Waals surface area contributed by atoms with Crippen LogP contribution >= 0.6 is 0 Å². The monoisotopic (exact) mass is 440 g/mol. The van der Waals surface area contributed by atoms with E-state index in [9.17, 15) is 14.4 Å². The lowest BCUT2D eigenvalue weighted by molar-refractivity contribution is -0.116. The average Bonchev–Trinajstić information content (AvgIpc) is 2.82. The summed E-state index contributed by atoms with van der Waals surface area (Å²) in [6.07, 6.45) is 0.819. The van der Waals surface area contributed by atoms with Crippen molar-refractivity contribution in [2.24, 2.45) is 0 Å². The highest BCUT2D eigenvalue weighted by atomic mass is 16.6. The van der Waals surface area contributed by atoms with Crippen molar-refractivity contribution in [3.05, 3.63) is 53.6 Å². The van der Waals surface area contributed by atoms with Gasteiger partial charge in [0, 0.05) is 49.4 Å². The Hall–Kier alpha value is -3.39. The minimum atomic E-state index is -0.301. The Balaban J connectivity index is 1.47. The van der Waals surface area contributed by atoms with Crippen LogP contribution in [0.5, 0.6) is 11.5 Å². The van der Waals surface area contributed by atoms with E-state index < -0.39 is 0 Å². The molecule has 2 amide bonds. The summed E-state index contributed by atoms with van der Waals surface area (Å²) in [5, 5.41) is 5.56. The molecular formula is C24H28N2O6. The second-order valence-electron chi connectivity index (χ2n) is 7.22. The van der Waals surface area contributed by atoms with Gasteiger partial charge in [-0.2, -0.15) is 0 Å². The van der Waals surface area contributed by atoms with Crippen LogP contribution in [-0.2, 0) is 9.53 Å². The topological polar surface area (TPSA) is 103 Å². The summed E-state index contributed by atoms with van der Waals surface area (Å²) in [6.45, 7) is 4.61. The van der Waals surface area contributed by atoms with Crippen LogP contribution < -0.4 is 20.1 Å². The van der Waals surface area contributed by atoms with Crippen molar-refractivity contribution >= 4 is 23.3 Å². The van der Waals surface area contributed by atoms with Gasteiger partial charge in [0.25, 0.3) is 5.91 Å². The third-order valence-electron chi connectivity index (χ3n) is 4.81. The molecule has 0 fully saturated rings. The molecule has 8 heteroatoms. The number of carbonyl (C=O) groups is 3. The zero-order valence-electron chi connectivity index (χ0n) is 18.1. The van der Waals surface area contributed by atoms with Crippen molar-refractivity contribution < 1.29 is 28.6 Å². The quantitative estimate of drug-likeness (QED) is 0.411. The summed E-state index contributed by atoms with van der Waals surface area (Å²) < 4.78 is 16.2. The fourth-order valence-electron chi connectivity index (χ4n) is 3.17. The Labute approximate surface area is 187 Å². The maximum absolute atomic E-state index is 12.5. The van der Waals surface area contributed by atoms with E-state index in [4.69, 9.17) is 14.2 Å². The first-order valence-corrected chi connectivity index (χ1v) is 10.8. The van der Waals surface area contributed by atoms with Gasteiger partial charge in [0.15, 0.2) is 17.3 Å². The van der Waals surface area contributed by atoms with Crippen LogP contribution in [0.2, 0.25) is 0 Å². The lowest BCUT2D eigenvalue weighted by atomic mass is 10.1. The van der Waals surface area contributed by atoms with Crippen LogP contribution in [0.1, 0.15) is 46.9 Å². The Kier molecular flexibility index (Phi) is 8.62. The molecule has 0 bridgehead atoms. The predicted molar refractivity (Wildman–Crippen MR) is 120 cm³/mol. The van der Waals surface area contributed by atoms with Crippen molar-refractivity contribution in [1.82, 2.24) is 5.32 Å². The van der Waals surface area contributed by atoms with Gasteiger partial charge in [0.1, 0.15) is 13.2 Å². The molecule has 2 aromatic rings. The molecule has 0 spiro atoms. The number of carbonyl (C=O) groups excluding carboxylic acids is 3. The summed E-state index contributed by atoms with van der Waals surface area (Å²) in [5.41, 5.74) is 1.43. The molecule has 0 aromatic heterocycles. The van der Waals surface area contributed by atoms with Crippen LogP contribution in [0, 0.1) is 0 Å². The summed E-state index contributed by atoms with van der Waals surface area (Å²) in [5.74, 6) is 0.483. The molecular weight excluding hydrogens is 412 g/mol. The van der Waals surface area contributed by atoms with Gasteiger partial charge in [-0.1, -0.05) is 6.07 Å². The standard InChI is InChI=1S/C24H28N2O6/c1-2-30-12-4-11-25-24(29)18-5-3-6-19(15-18)26-23(28)10-8-20(27)17-7-9-21-22(16-17)32-14-13-31-21/h3,5-7,9,15-16H,2,4,8,10-14H2,1H3,(H,25,29)(H,26,28). The number of benzene rings is 2. The van der Waals surface area contributed by atoms with Crippen molar-refractivity contribution in [2.75, 3.05) is 38.3 Å². The molecule has 32 heavy (non-hydrogen) atoms. The van der Waals surface area contributed by atoms with Crippen molar-refractivity contribution in [2.45, 2.75) is 26.2 Å². The van der Waals surface area contributed by atoms with Gasteiger partial charge in [-0.05, 0) is 49.7 Å². The second-order valence-corrected chi connectivity index (χ2v) is 7.22. The predicted octanol–water partition coefficient (Wildman–Crippen LogP) is 3.22. The highest BCUT2D eigenvalue weighted by molar-refractivity contribution is 6.01. The van der Waals surface area contributed by atoms with Crippen LogP contribution in [0.15, 0.2) is 42.5 Å². The Bertz CT molecular complexity index is 959. The summed E-state index contributed by atoms with van der Waals surface area (Å²) in [4.78, 5) is 37.0. The van der Waals surface area contributed by atoms with Crippen molar-refractivity contribution in [3.63, 3.8) is 0 Å². The van der Waals surface area contributed by atoms with Gasteiger partial charge in [0.2, 0.25) is 5.91 Å². The SMILES string of the molecule is CCOCCCNC(=O)c1cccc(NC(=O)CCC(=O)c2ccc3c(c2)OCCO3)c1. The largest absolute Gasteiger partial charge is 0.486 e. The number of rotatable bonds is 11. The molecule has 0 atom stereocenters. The van der Waals surface area contributed by atoms with E-state index in [0.29, 0.717) is 61.3 Å². The number of amides is 2. The molecule has 1 heterocycles. The molecule has 8 nitrogen and oxygen atoms in total. The number of nitrogens with one attached hydrogen (secondary N) is 2. The molecule has 0 aliphatic carbocycles. The zero-order chi connectivity index (χ0) is 22.8. The minimum absolute atomic E-state index is 0.0289. The van der Waals surface area contributed by atoms with E-state index in [1.165, 1.54) is 0 Å². The molecule has 0 saturated heterocycles. The molecule has 3 rings (SSSR count). The fourth-order valence-corrected chi connectivity index (χ4v) is 3.17. The number of hydrogen-bond acceptors (Lipinski definition) is 6. The number of ketones is 1. The highest BCUT2D eigenvalue weighted by Gasteiger charge is 2.16. The number of fused-ring (bicyclic) bond motifs is 1. The Morgan fingerprint density at radius 1 is 0.969 bits per heavy atom. The molecule has 1 aliphatic rings. The van der Waals surface area contributed by atoms with E-state index in [1.807, 2.05) is 6.92 Å². The average molecular weight is 440 g/mol. The lowest BCUT2D eigenvalue weighted by Crippen LogP contribution is -2.25. The maximum atomic E-state index is 12.5. The van der Waals surface area contributed by atoms with Gasteiger partial charge >= 0.3 is 0 Å². The van der Waals surface area contributed by atoms with Gasteiger partial charge in [-0.25, -0.2) is 0 Å². The maximum Gasteiger partial charge on any atom is 0.251 e. The van der Waals surface area contributed by atoms with E-state index in [1.54, 1.807) is 42.5 Å². The molecule has 0 saturated carbocycles. The summed E-state index contributed by atoms with van der Waals surface area (Å²) >= 11 is 0. The molecule has 2 N–H and O–H groups in total. The van der Waals surface area contributed by atoms with Crippen molar-refractivity contribution in [3.8, 4) is 11.5 Å². The van der Waals surface area contributed by atoms with Crippen molar-refractivity contribution in [1.29, 1.82) is 0 Å². The fraction of sp³-hybridized carbons (Fsp3) is 0.375. The molecule has 0 unspecified atom stereocenters. The normalized spacial score (nSPS) is 12.2. The molecule has 170 valence electrons. The summed E-state index contributed by atoms with van der Waals surface area (Å²) in [7, 11) is 0. The first-order valence-electron chi connectivity index (χ1n) is 10.8. The molecule has 1 aliphatic heterocycles. The first kappa shape index (κ1) is 23.3. The zero-order valence-corrected chi connectivity index (χ0v) is 18.1. The molecule has 0 radical (unpaired) electrons. The van der Waals surface area contributed by atoms with Crippen LogP contribution in [0.3, 0.4) is 0 Å².